The summed E-state index contributed by atoms with van der Waals surface area (Å²) in [7, 11) is 0. The highest BCUT2D eigenvalue weighted by atomic mass is 19.1. The van der Waals surface area contributed by atoms with Gasteiger partial charge in [-0.05, 0) is 56.7 Å². The second-order valence-electron chi connectivity index (χ2n) is 8.05. The van der Waals surface area contributed by atoms with Crippen molar-refractivity contribution in [2.24, 2.45) is 0 Å². The number of aryl methyl sites for hydroxylation is 1. The van der Waals surface area contributed by atoms with Crippen LogP contribution in [0, 0.1) is 12.7 Å². The molecular weight excluding hydrogens is 353 g/mol. The first kappa shape index (κ1) is 18.5. The van der Waals surface area contributed by atoms with E-state index in [4.69, 9.17) is 0 Å². The molecule has 1 amide bonds. The maximum atomic E-state index is 13.4. The van der Waals surface area contributed by atoms with Gasteiger partial charge in [0.25, 0.3) is 0 Å². The standard InChI is InChI=1S/C23H26FN3O/c1-16-21(19-6-4-5-7-20(19)25-16)23(2,3)22(28)27-14-12-26(13-15-27)18-10-8-17(24)9-11-18/h4-11,25H,12-15H2,1-3H3. The second-order valence-corrected chi connectivity index (χ2v) is 8.05. The van der Waals surface area contributed by atoms with Crippen molar-refractivity contribution < 1.29 is 9.18 Å². The molecule has 0 atom stereocenters. The molecule has 1 aliphatic rings. The van der Waals surface area contributed by atoms with Crippen LogP contribution in [0.2, 0.25) is 0 Å². The van der Waals surface area contributed by atoms with Crippen molar-refractivity contribution in [3.8, 4) is 0 Å². The number of carbonyl (C=O) groups is 1. The minimum atomic E-state index is -0.609. The molecule has 1 fully saturated rings. The molecule has 0 unspecified atom stereocenters. The minimum Gasteiger partial charge on any atom is -0.368 e. The van der Waals surface area contributed by atoms with Crippen molar-refractivity contribution in [2.75, 3.05) is 31.1 Å². The Bertz CT molecular complexity index is 998. The number of nitrogens with zero attached hydrogens (tertiary/aromatic N) is 2. The lowest BCUT2D eigenvalue weighted by atomic mass is 9.81. The Kier molecular flexibility index (Phi) is 4.61. The van der Waals surface area contributed by atoms with Crippen molar-refractivity contribution in [3.63, 3.8) is 0 Å². The largest absolute Gasteiger partial charge is 0.368 e. The van der Waals surface area contributed by atoms with Crippen LogP contribution in [0.3, 0.4) is 0 Å². The van der Waals surface area contributed by atoms with Gasteiger partial charge in [-0.25, -0.2) is 4.39 Å². The fourth-order valence-corrected chi connectivity index (χ4v) is 4.40. The first-order valence-corrected chi connectivity index (χ1v) is 9.75. The number of para-hydroxylation sites is 1. The van der Waals surface area contributed by atoms with Crippen molar-refractivity contribution in [1.29, 1.82) is 0 Å². The van der Waals surface area contributed by atoms with Crippen LogP contribution >= 0.6 is 0 Å². The quantitative estimate of drug-likeness (QED) is 0.739. The predicted octanol–water partition coefficient (Wildman–Crippen LogP) is 4.24. The van der Waals surface area contributed by atoms with E-state index in [1.54, 1.807) is 12.1 Å². The number of nitrogens with one attached hydrogen (secondary N) is 1. The summed E-state index contributed by atoms with van der Waals surface area (Å²) in [6.45, 7) is 8.91. The Morgan fingerprint density at radius 1 is 1.00 bits per heavy atom. The van der Waals surface area contributed by atoms with E-state index in [9.17, 15) is 9.18 Å². The zero-order valence-electron chi connectivity index (χ0n) is 16.6. The molecule has 1 aliphatic heterocycles. The number of rotatable bonds is 3. The number of aromatic nitrogens is 1. The highest BCUT2D eigenvalue weighted by Gasteiger charge is 2.38. The van der Waals surface area contributed by atoms with Crippen LogP contribution in [0.4, 0.5) is 10.1 Å². The molecule has 2 heterocycles. The fraction of sp³-hybridized carbons (Fsp3) is 0.348. The Hall–Kier alpha value is -2.82. The number of amides is 1. The number of aromatic amines is 1. The van der Waals surface area contributed by atoms with Crippen LogP contribution in [0.5, 0.6) is 0 Å². The topological polar surface area (TPSA) is 39.3 Å². The SMILES string of the molecule is Cc1[nH]c2ccccc2c1C(C)(C)C(=O)N1CCN(c2ccc(F)cc2)CC1. The summed E-state index contributed by atoms with van der Waals surface area (Å²) in [5, 5.41) is 1.11. The Labute approximate surface area is 165 Å². The summed E-state index contributed by atoms with van der Waals surface area (Å²) >= 11 is 0. The number of hydrogen-bond donors (Lipinski definition) is 1. The second kappa shape index (κ2) is 6.97. The molecule has 0 spiro atoms. The monoisotopic (exact) mass is 379 g/mol. The number of H-pyrrole nitrogens is 1. The summed E-state index contributed by atoms with van der Waals surface area (Å²) in [6, 6.07) is 14.7. The number of halogens is 1. The molecular formula is C23H26FN3O. The van der Waals surface area contributed by atoms with Gasteiger partial charge in [0, 0.05) is 48.5 Å². The average molecular weight is 379 g/mol. The van der Waals surface area contributed by atoms with Gasteiger partial charge in [-0.1, -0.05) is 18.2 Å². The van der Waals surface area contributed by atoms with Crippen LogP contribution in [0.15, 0.2) is 48.5 Å². The van der Waals surface area contributed by atoms with E-state index >= 15 is 0 Å². The predicted molar refractivity (Wildman–Crippen MR) is 111 cm³/mol. The van der Waals surface area contributed by atoms with Crippen LogP contribution in [-0.2, 0) is 10.2 Å². The first-order chi connectivity index (χ1) is 13.4. The average Bonchev–Trinajstić information content (AvgIpc) is 3.04. The van der Waals surface area contributed by atoms with Crippen LogP contribution in [-0.4, -0.2) is 42.0 Å². The van der Waals surface area contributed by atoms with E-state index in [2.05, 4.69) is 16.0 Å². The van der Waals surface area contributed by atoms with Gasteiger partial charge in [0.15, 0.2) is 0 Å². The zero-order chi connectivity index (χ0) is 19.9. The summed E-state index contributed by atoms with van der Waals surface area (Å²) in [6.07, 6.45) is 0. The van der Waals surface area contributed by atoms with Gasteiger partial charge >= 0.3 is 0 Å². The molecule has 5 heteroatoms. The molecule has 0 aliphatic carbocycles. The molecule has 146 valence electrons. The molecule has 4 rings (SSSR count). The summed E-state index contributed by atoms with van der Waals surface area (Å²) < 4.78 is 13.2. The van der Waals surface area contributed by atoms with Crippen molar-refractivity contribution >= 4 is 22.5 Å². The van der Waals surface area contributed by atoms with Gasteiger partial charge < -0.3 is 14.8 Å². The third kappa shape index (κ3) is 3.15. The lowest BCUT2D eigenvalue weighted by molar-refractivity contribution is -0.136. The molecule has 2 aromatic carbocycles. The number of hydrogen-bond acceptors (Lipinski definition) is 2. The van der Waals surface area contributed by atoms with Crippen molar-refractivity contribution in [1.82, 2.24) is 9.88 Å². The van der Waals surface area contributed by atoms with Gasteiger partial charge in [0.05, 0.1) is 5.41 Å². The molecule has 4 nitrogen and oxygen atoms in total. The molecule has 0 bridgehead atoms. The van der Waals surface area contributed by atoms with E-state index in [0.717, 1.165) is 40.9 Å². The minimum absolute atomic E-state index is 0.152. The van der Waals surface area contributed by atoms with Crippen LogP contribution in [0.25, 0.3) is 10.9 Å². The van der Waals surface area contributed by atoms with Crippen LogP contribution in [0.1, 0.15) is 25.1 Å². The van der Waals surface area contributed by atoms with E-state index in [1.807, 2.05) is 43.9 Å². The highest BCUT2D eigenvalue weighted by molar-refractivity contribution is 5.95. The number of carbonyl (C=O) groups excluding carboxylic acids is 1. The zero-order valence-corrected chi connectivity index (χ0v) is 16.6. The van der Waals surface area contributed by atoms with E-state index in [-0.39, 0.29) is 11.7 Å². The summed E-state index contributed by atoms with van der Waals surface area (Å²) in [4.78, 5) is 21.0. The lowest BCUT2D eigenvalue weighted by Crippen LogP contribution is -2.53. The lowest BCUT2D eigenvalue weighted by Gasteiger charge is -2.39. The van der Waals surface area contributed by atoms with Gasteiger partial charge in [-0.3, -0.25) is 4.79 Å². The number of piperazine rings is 1. The molecule has 1 N–H and O–H groups in total. The van der Waals surface area contributed by atoms with Gasteiger partial charge in [-0.2, -0.15) is 0 Å². The van der Waals surface area contributed by atoms with Gasteiger partial charge in [-0.15, -0.1) is 0 Å². The van der Waals surface area contributed by atoms with Gasteiger partial charge in [0.2, 0.25) is 5.91 Å². The van der Waals surface area contributed by atoms with E-state index < -0.39 is 5.41 Å². The Morgan fingerprint density at radius 2 is 1.64 bits per heavy atom. The van der Waals surface area contributed by atoms with Crippen LogP contribution < -0.4 is 4.90 Å². The Balaban J connectivity index is 1.53. The number of benzene rings is 2. The summed E-state index contributed by atoms with van der Waals surface area (Å²) in [5.41, 5.74) is 3.58. The molecule has 28 heavy (non-hydrogen) atoms. The molecule has 0 saturated carbocycles. The van der Waals surface area contributed by atoms with E-state index in [0.29, 0.717) is 13.1 Å². The maximum absolute atomic E-state index is 13.4. The third-order valence-electron chi connectivity index (χ3n) is 5.81. The van der Waals surface area contributed by atoms with Gasteiger partial charge in [0.1, 0.15) is 5.82 Å². The molecule has 0 radical (unpaired) electrons. The van der Waals surface area contributed by atoms with Crippen molar-refractivity contribution in [2.45, 2.75) is 26.2 Å². The Morgan fingerprint density at radius 3 is 2.32 bits per heavy atom. The smallest absolute Gasteiger partial charge is 0.232 e. The first-order valence-electron chi connectivity index (χ1n) is 9.75. The molecule has 3 aromatic rings. The number of fused-ring (bicyclic) bond motifs is 1. The molecule has 1 aromatic heterocycles. The number of anilines is 1. The van der Waals surface area contributed by atoms with Crippen molar-refractivity contribution in [3.05, 3.63) is 65.6 Å². The molecule has 1 saturated heterocycles. The van der Waals surface area contributed by atoms with E-state index in [1.165, 1.54) is 12.1 Å². The highest BCUT2D eigenvalue weighted by Crippen LogP contribution is 2.35. The fourth-order valence-electron chi connectivity index (χ4n) is 4.40. The summed E-state index contributed by atoms with van der Waals surface area (Å²) in [5.74, 6) is -0.0764. The maximum Gasteiger partial charge on any atom is 0.232 e. The normalized spacial score (nSPS) is 15.3. The third-order valence-corrected chi connectivity index (χ3v) is 5.81.